The molecule has 0 bridgehead atoms. The van der Waals surface area contributed by atoms with E-state index in [1.165, 1.54) is 0 Å². The van der Waals surface area contributed by atoms with Gasteiger partial charge in [-0.25, -0.2) is 0 Å². The maximum atomic E-state index is 12.3. The van der Waals surface area contributed by atoms with Crippen LogP contribution in [0.15, 0.2) is 29.3 Å². The van der Waals surface area contributed by atoms with Gasteiger partial charge < -0.3 is 20.4 Å². The molecular formula is C20H29N5O2. The fraction of sp³-hybridized carbons (Fsp3) is 0.550. The Bertz CT molecular complexity index is 710. The van der Waals surface area contributed by atoms with Crippen molar-refractivity contribution in [2.45, 2.75) is 25.7 Å². The van der Waals surface area contributed by atoms with Crippen LogP contribution >= 0.6 is 0 Å². The fourth-order valence-corrected chi connectivity index (χ4v) is 3.89. The summed E-state index contributed by atoms with van der Waals surface area (Å²) in [6, 6.07) is 7.97. The van der Waals surface area contributed by atoms with E-state index in [1.54, 1.807) is 14.1 Å². The van der Waals surface area contributed by atoms with Gasteiger partial charge in [0.25, 0.3) is 0 Å². The van der Waals surface area contributed by atoms with Gasteiger partial charge in [-0.15, -0.1) is 0 Å². The molecule has 7 nitrogen and oxygen atoms in total. The molecule has 1 aromatic rings. The maximum absolute atomic E-state index is 12.3. The predicted molar refractivity (Wildman–Crippen MR) is 107 cm³/mol. The van der Waals surface area contributed by atoms with Crippen LogP contribution in [0.25, 0.3) is 0 Å². The highest BCUT2D eigenvalue weighted by molar-refractivity contribution is 6.01. The van der Waals surface area contributed by atoms with Crippen molar-refractivity contribution in [2.24, 2.45) is 10.9 Å². The van der Waals surface area contributed by atoms with Gasteiger partial charge in [-0.05, 0) is 30.4 Å². The van der Waals surface area contributed by atoms with Crippen molar-refractivity contribution < 1.29 is 9.59 Å². The molecule has 0 aromatic heterocycles. The number of fused-ring (bicyclic) bond motifs is 1. The first-order chi connectivity index (χ1) is 13.1. The van der Waals surface area contributed by atoms with Crippen molar-refractivity contribution in [3.63, 3.8) is 0 Å². The fourth-order valence-electron chi connectivity index (χ4n) is 3.89. The third-order valence-corrected chi connectivity index (χ3v) is 5.42. The molecule has 0 spiro atoms. The van der Waals surface area contributed by atoms with Gasteiger partial charge in [0, 0.05) is 52.4 Å². The highest BCUT2D eigenvalue weighted by atomic mass is 16.2. The third-order valence-electron chi connectivity index (χ3n) is 5.42. The molecule has 0 unspecified atom stereocenters. The van der Waals surface area contributed by atoms with Crippen molar-refractivity contribution in [3.8, 4) is 0 Å². The van der Waals surface area contributed by atoms with E-state index in [1.807, 2.05) is 29.2 Å². The molecule has 3 rings (SSSR count). The average Bonchev–Trinajstić information content (AvgIpc) is 3.01. The molecule has 2 amide bonds. The number of hydrogen-bond acceptors (Lipinski definition) is 3. The Morgan fingerprint density at radius 2 is 2.00 bits per heavy atom. The molecular weight excluding hydrogens is 342 g/mol. The maximum Gasteiger partial charge on any atom is 0.231 e. The minimum Gasteiger partial charge on any atom is -0.359 e. The summed E-state index contributed by atoms with van der Waals surface area (Å²) < 4.78 is 0. The zero-order valence-electron chi connectivity index (χ0n) is 16.2. The zero-order valence-corrected chi connectivity index (χ0v) is 16.2. The minimum atomic E-state index is 0.117. The van der Waals surface area contributed by atoms with Crippen LogP contribution in [0.1, 0.15) is 24.8 Å². The number of nitrogens with one attached hydrogen (secondary N) is 2. The largest absolute Gasteiger partial charge is 0.359 e. The van der Waals surface area contributed by atoms with E-state index in [2.05, 4.69) is 20.5 Å². The van der Waals surface area contributed by atoms with E-state index in [0.717, 1.165) is 43.1 Å². The Kier molecular flexibility index (Phi) is 6.32. The molecule has 0 aliphatic carbocycles. The number of carbonyl (C=O) groups is 2. The van der Waals surface area contributed by atoms with Gasteiger partial charge in [-0.1, -0.05) is 18.2 Å². The lowest BCUT2D eigenvalue weighted by Crippen LogP contribution is -2.48. The first-order valence-corrected chi connectivity index (χ1v) is 9.66. The standard InChI is InChI=1S/C20H29N5O2/c1-21-18(26)13-15-7-10-24(11-8-15)20(22-2)23-9-12-25-17-6-4-3-5-16(17)14-19(25)27/h3-6,15H,7-14H2,1-2H3,(H,21,26)(H,22,23). The lowest BCUT2D eigenvalue weighted by molar-refractivity contribution is -0.121. The summed E-state index contributed by atoms with van der Waals surface area (Å²) in [7, 11) is 3.47. The molecule has 27 heavy (non-hydrogen) atoms. The van der Waals surface area contributed by atoms with Crippen LogP contribution in [0, 0.1) is 5.92 Å². The number of para-hydroxylation sites is 1. The van der Waals surface area contributed by atoms with Crippen LogP contribution in [-0.4, -0.2) is 62.9 Å². The van der Waals surface area contributed by atoms with Gasteiger partial charge in [-0.2, -0.15) is 0 Å². The van der Waals surface area contributed by atoms with Crippen LogP contribution in [0.2, 0.25) is 0 Å². The van der Waals surface area contributed by atoms with Crippen LogP contribution in [0.5, 0.6) is 0 Å². The highest BCUT2D eigenvalue weighted by Crippen LogP contribution is 2.27. The number of anilines is 1. The van der Waals surface area contributed by atoms with Gasteiger partial charge in [0.05, 0.1) is 6.42 Å². The second-order valence-electron chi connectivity index (χ2n) is 7.13. The number of rotatable bonds is 5. The monoisotopic (exact) mass is 371 g/mol. The summed E-state index contributed by atoms with van der Waals surface area (Å²) in [4.78, 5) is 32.3. The molecule has 1 aromatic carbocycles. The molecule has 2 aliphatic heterocycles. The molecule has 146 valence electrons. The van der Waals surface area contributed by atoms with Crippen molar-refractivity contribution in [1.29, 1.82) is 0 Å². The van der Waals surface area contributed by atoms with Gasteiger partial charge in [0.15, 0.2) is 5.96 Å². The molecule has 0 saturated carbocycles. The highest BCUT2D eigenvalue weighted by Gasteiger charge is 2.27. The Morgan fingerprint density at radius 1 is 1.26 bits per heavy atom. The number of aliphatic imine (C=N–C) groups is 1. The van der Waals surface area contributed by atoms with Crippen LogP contribution in [0.4, 0.5) is 5.69 Å². The smallest absolute Gasteiger partial charge is 0.231 e. The topological polar surface area (TPSA) is 77.0 Å². The van der Waals surface area contributed by atoms with Crippen LogP contribution < -0.4 is 15.5 Å². The van der Waals surface area contributed by atoms with Gasteiger partial charge in [-0.3, -0.25) is 14.6 Å². The first kappa shape index (κ1) is 19.2. The third kappa shape index (κ3) is 4.59. The summed E-state index contributed by atoms with van der Waals surface area (Å²) in [5.41, 5.74) is 2.12. The normalized spacial score (nSPS) is 17.9. The summed E-state index contributed by atoms with van der Waals surface area (Å²) in [5, 5.41) is 6.09. The van der Waals surface area contributed by atoms with E-state index in [0.29, 0.717) is 31.8 Å². The SMILES string of the molecule is CN=C(NCCN1C(=O)Cc2ccccc21)N1CCC(CC(=O)NC)CC1. The number of carbonyl (C=O) groups excluding carboxylic acids is 2. The Morgan fingerprint density at radius 3 is 2.70 bits per heavy atom. The summed E-state index contributed by atoms with van der Waals surface area (Å²) in [5.74, 6) is 1.58. The molecule has 1 fully saturated rings. The molecule has 2 heterocycles. The quantitative estimate of drug-likeness (QED) is 0.598. The molecule has 0 atom stereocenters. The van der Waals surface area contributed by atoms with Gasteiger partial charge >= 0.3 is 0 Å². The van der Waals surface area contributed by atoms with Gasteiger partial charge in [0.2, 0.25) is 11.8 Å². The number of piperidine rings is 1. The molecule has 7 heteroatoms. The van der Waals surface area contributed by atoms with E-state index < -0.39 is 0 Å². The molecule has 1 saturated heterocycles. The van der Waals surface area contributed by atoms with Crippen molar-refractivity contribution in [2.75, 3.05) is 45.2 Å². The van der Waals surface area contributed by atoms with Crippen molar-refractivity contribution in [1.82, 2.24) is 15.5 Å². The van der Waals surface area contributed by atoms with E-state index in [-0.39, 0.29) is 11.8 Å². The number of likely N-dealkylation sites (tertiary alicyclic amines) is 1. The zero-order chi connectivity index (χ0) is 19.2. The lowest BCUT2D eigenvalue weighted by Gasteiger charge is -2.34. The summed E-state index contributed by atoms with van der Waals surface area (Å²) in [6.07, 6.45) is 3.08. The Labute approximate surface area is 160 Å². The second kappa shape index (κ2) is 8.88. The van der Waals surface area contributed by atoms with E-state index in [9.17, 15) is 9.59 Å². The number of hydrogen-bond donors (Lipinski definition) is 2. The van der Waals surface area contributed by atoms with Crippen LogP contribution in [0.3, 0.4) is 0 Å². The Balaban J connectivity index is 1.47. The van der Waals surface area contributed by atoms with E-state index in [4.69, 9.17) is 0 Å². The summed E-state index contributed by atoms with van der Waals surface area (Å²) in [6.45, 7) is 3.08. The number of benzene rings is 1. The predicted octanol–water partition coefficient (Wildman–Crippen LogP) is 0.999. The van der Waals surface area contributed by atoms with Gasteiger partial charge in [0.1, 0.15) is 0 Å². The minimum absolute atomic E-state index is 0.117. The number of guanidine groups is 1. The van der Waals surface area contributed by atoms with Crippen molar-refractivity contribution in [3.05, 3.63) is 29.8 Å². The number of amides is 2. The lowest BCUT2D eigenvalue weighted by atomic mass is 9.93. The first-order valence-electron chi connectivity index (χ1n) is 9.66. The average molecular weight is 371 g/mol. The molecule has 0 radical (unpaired) electrons. The van der Waals surface area contributed by atoms with Crippen molar-refractivity contribution >= 4 is 23.5 Å². The molecule has 2 N–H and O–H groups in total. The number of nitrogens with zero attached hydrogens (tertiary/aromatic N) is 3. The van der Waals surface area contributed by atoms with E-state index >= 15 is 0 Å². The second-order valence-corrected chi connectivity index (χ2v) is 7.13. The van der Waals surface area contributed by atoms with Crippen LogP contribution in [-0.2, 0) is 16.0 Å². The Hall–Kier alpha value is -2.57. The molecule has 2 aliphatic rings. The summed E-state index contributed by atoms with van der Waals surface area (Å²) >= 11 is 0.